The Hall–Kier alpha value is -3.56. The van der Waals surface area contributed by atoms with E-state index in [9.17, 15) is 15.0 Å². The van der Waals surface area contributed by atoms with Crippen molar-refractivity contribution in [2.45, 2.75) is 25.0 Å². The first kappa shape index (κ1) is 22.6. The number of aliphatic hydroxyl groups is 2. The quantitative estimate of drug-likeness (QED) is 0.359. The molecule has 2 amide bonds. The van der Waals surface area contributed by atoms with Crippen LogP contribution in [-0.2, 0) is 0 Å². The van der Waals surface area contributed by atoms with Gasteiger partial charge in [0.05, 0.1) is 36.9 Å². The van der Waals surface area contributed by atoms with Gasteiger partial charge in [-0.15, -0.1) is 0 Å². The molecule has 0 bridgehead atoms. The van der Waals surface area contributed by atoms with Crippen LogP contribution in [0.4, 0.5) is 16.2 Å². The number of methoxy groups -OCH3 is 1. The third-order valence-corrected chi connectivity index (χ3v) is 5.76. The van der Waals surface area contributed by atoms with E-state index in [0.717, 1.165) is 22.4 Å². The van der Waals surface area contributed by atoms with Gasteiger partial charge in [-0.1, -0.05) is 18.2 Å². The number of rotatable bonds is 8. The average Bonchev–Trinajstić information content (AvgIpc) is 3.51. The number of hydrogen-bond donors (Lipinski definition) is 5. The second-order valence-electron chi connectivity index (χ2n) is 8.07. The fourth-order valence-corrected chi connectivity index (χ4v) is 3.95. The molecule has 2 aromatic carbocycles. The van der Waals surface area contributed by atoms with Crippen molar-refractivity contribution in [2.24, 2.45) is 0 Å². The van der Waals surface area contributed by atoms with Crippen LogP contribution < -0.4 is 20.3 Å². The Bertz CT molecular complexity index is 1070. The van der Waals surface area contributed by atoms with Gasteiger partial charge in [0.1, 0.15) is 5.75 Å². The predicted octanol–water partition coefficient (Wildman–Crippen LogP) is 2.90. The van der Waals surface area contributed by atoms with Crippen molar-refractivity contribution >= 4 is 17.4 Å². The number of β-amino-alcohol motifs (C(OH)–C–C–N with tert-alkyl or cyclic N) is 1. The number of carbonyl (C=O) groups is 1. The van der Waals surface area contributed by atoms with Gasteiger partial charge >= 0.3 is 6.03 Å². The number of H-pyrrole nitrogens is 1. The second kappa shape index (κ2) is 10.4. The van der Waals surface area contributed by atoms with Gasteiger partial charge in [0.15, 0.2) is 0 Å². The number of carbonyl (C=O) groups excluding carboxylic acids is 1. The Morgan fingerprint density at radius 3 is 2.91 bits per heavy atom. The van der Waals surface area contributed by atoms with Crippen LogP contribution in [0.1, 0.15) is 24.5 Å². The zero-order chi connectivity index (χ0) is 23.2. The van der Waals surface area contributed by atoms with Crippen LogP contribution in [0.5, 0.6) is 5.75 Å². The minimum atomic E-state index is -0.712. The molecule has 2 unspecified atom stereocenters. The van der Waals surface area contributed by atoms with Crippen molar-refractivity contribution in [3.8, 4) is 16.9 Å². The zero-order valence-corrected chi connectivity index (χ0v) is 18.5. The largest absolute Gasteiger partial charge is 0.497 e. The summed E-state index contributed by atoms with van der Waals surface area (Å²) in [6, 6.07) is 12.7. The standard InChI is InChI=1S/C24H29N5O4/c1-33-20-4-2-3-17(11-20)23(31)7-9-25-24(32)28-21-6-5-16(18-13-26-27-14-18)12-22(21)29-10-8-19(30)15-29/h2-6,11-14,19,23,30-31H,7-10,15H2,1H3,(H,26,27)(H2,25,28,32). The number of urea groups is 1. The van der Waals surface area contributed by atoms with E-state index in [0.29, 0.717) is 43.9 Å². The maximum absolute atomic E-state index is 12.6. The normalized spacial score (nSPS) is 16.5. The Balaban J connectivity index is 1.39. The molecule has 1 saturated heterocycles. The number of hydrogen-bond acceptors (Lipinski definition) is 6. The molecule has 2 heterocycles. The maximum atomic E-state index is 12.6. The number of aromatic nitrogens is 2. The highest BCUT2D eigenvalue weighted by atomic mass is 16.5. The zero-order valence-electron chi connectivity index (χ0n) is 18.5. The van der Waals surface area contributed by atoms with E-state index < -0.39 is 6.10 Å². The molecule has 1 aromatic heterocycles. The van der Waals surface area contributed by atoms with Crippen LogP contribution in [0.2, 0.25) is 0 Å². The molecule has 9 heteroatoms. The van der Waals surface area contributed by atoms with E-state index in [1.54, 1.807) is 19.4 Å². The SMILES string of the molecule is COc1cccc(C(O)CCNC(=O)Nc2ccc(-c3cn[nH]c3)cc2N2CCC(O)C2)c1. The first-order valence-electron chi connectivity index (χ1n) is 11.0. The molecule has 2 atom stereocenters. The van der Waals surface area contributed by atoms with E-state index in [1.165, 1.54) is 0 Å². The van der Waals surface area contributed by atoms with Gasteiger partial charge in [0.25, 0.3) is 0 Å². The second-order valence-corrected chi connectivity index (χ2v) is 8.07. The predicted molar refractivity (Wildman–Crippen MR) is 126 cm³/mol. The van der Waals surface area contributed by atoms with E-state index >= 15 is 0 Å². The fourth-order valence-electron chi connectivity index (χ4n) is 3.95. The van der Waals surface area contributed by atoms with Crippen LogP contribution in [0, 0.1) is 0 Å². The average molecular weight is 452 g/mol. The van der Waals surface area contributed by atoms with E-state index in [1.807, 2.05) is 42.6 Å². The molecule has 0 radical (unpaired) electrons. The Kier molecular flexibility index (Phi) is 7.11. The molecule has 1 aliphatic heterocycles. The molecule has 0 spiro atoms. The summed E-state index contributed by atoms with van der Waals surface area (Å²) in [6.45, 7) is 1.52. The number of nitrogens with one attached hydrogen (secondary N) is 3. The van der Waals surface area contributed by atoms with E-state index in [4.69, 9.17) is 4.74 Å². The van der Waals surface area contributed by atoms with Crippen molar-refractivity contribution in [1.82, 2.24) is 15.5 Å². The molecule has 9 nitrogen and oxygen atoms in total. The molecule has 0 saturated carbocycles. The van der Waals surface area contributed by atoms with Gasteiger partial charge in [0, 0.05) is 31.4 Å². The summed E-state index contributed by atoms with van der Waals surface area (Å²) < 4.78 is 5.19. The lowest BCUT2D eigenvalue weighted by molar-refractivity contribution is 0.167. The summed E-state index contributed by atoms with van der Waals surface area (Å²) in [4.78, 5) is 14.6. The van der Waals surface area contributed by atoms with Crippen molar-refractivity contribution in [3.05, 3.63) is 60.4 Å². The summed E-state index contributed by atoms with van der Waals surface area (Å²) in [5.41, 5.74) is 4.14. The highest BCUT2D eigenvalue weighted by Gasteiger charge is 2.23. The van der Waals surface area contributed by atoms with Crippen molar-refractivity contribution < 1.29 is 19.7 Å². The highest BCUT2D eigenvalue weighted by molar-refractivity contribution is 5.94. The molecule has 174 valence electrons. The van der Waals surface area contributed by atoms with Crippen LogP contribution in [0.25, 0.3) is 11.1 Å². The molecule has 3 aromatic rings. The summed E-state index contributed by atoms with van der Waals surface area (Å²) in [7, 11) is 1.58. The molecule has 5 N–H and O–H groups in total. The summed E-state index contributed by atoms with van der Waals surface area (Å²) in [5.74, 6) is 0.677. The molecule has 4 rings (SSSR count). The maximum Gasteiger partial charge on any atom is 0.319 e. The Morgan fingerprint density at radius 2 is 2.18 bits per heavy atom. The molecule has 1 aliphatic rings. The number of aromatic amines is 1. The molecular formula is C24H29N5O4. The van der Waals surface area contributed by atoms with Gasteiger partial charge in [-0.05, 0) is 48.2 Å². The number of ether oxygens (including phenoxy) is 1. The first-order chi connectivity index (χ1) is 16.0. The third kappa shape index (κ3) is 5.63. The lowest BCUT2D eigenvalue weighted by atomic mass is 10.1. The van der Waals surface area contributed by atoms with Crippen LogP contribution >= 0.6 is 0 Å². The van der Waals surface area contributed by atoms with Crippen molar-refractivity contribution in [2.75, 3.05) is 37.0 Å². The number of amides is 2. The first-order valence-corrected chi connectivity index (χ1v) is 11.0. The number of benzene rings is 2. The fraction of sp³-hybridized carbons (Fsp3) is 0.333. The Morgan fingerprint density at radius 1 is 1.30 bits per heavy atom. The minimum absolute atomic E-state index is 0.301. The van der Waals surface area contributed by atoms with E-state index in [-0.39, 0.29) is 12.1 Å². The third-order valence-electron chi connectivity index (χ3n) is 5.76. The lowest BCUT2D eigenvalue weighted by Crippen LogP contribution is -2.31. The monoisotopic (exact) mass is 451 g/mol. The Labute approximate surface area is 192 Å². The number of anilines is 2. The van der Waals surface area contributed by atoms with Gasteiger partial charge in [-0.3, -0.25) is 5.10 Å². The van der Waals surface area contributed by atoms with Gasteiger partial charge in [-0.25, -0.2) is 4.79 Å². The summed E-state index contributed by atoms with van der Waals surface area (Å²) >= 11 is 0. The molecule has 0 aliphatic carbocycles. The van der Waals surface area contributed by atoms with Crippen LogP contribution in [-0.4, -0.2) is 59.3 Å². The van der Waals surface area contributed by atoms with Gasteiger partial charge in [-0.2, -0.15) is 5.10 Å². The van der Waals surface area contributed by atoms with Crippen molar-refractivity contribution in [1.29, 1.82) is 0 Å². The topological polar surface area (TPSA) is 123 Å². The van der Waals surface area contributed by atoms with Gasteiger partial charge in [0.2, 0.25) is 0 Å². The number of aliphatic hydroxyl groups excluding tert-OH is 2. The number of nitrogens with zero attached hydrogens (tertiary/aromatic N) is 2. The molecular weight excluding hydrogens is 422 g/mol. The molecule has 1 fully saturated rings. The minimum Gasteiger partial charge on any atom is -0.497 e. The lowest BCUT2D eigenvalue weighted by Gasteiger charge is -2.23. The summed E-state index contributed by atoms with van der Waals surface area (Å²) in [5, 5.41) is 32.9. The summed E-state index contributed by atoms with van der Waals surface area (Å²) in [6.07, 6.45) is 3.50. The molecule has 33 heavy (non-hydrogen) atoms. The smallest absolute Gasteiger partial charge is 0.319 e. The highest BCUT2D eigenvalue weighted by Crippen LogP contribution is 2.33. The van der Waals surface area contributed by atoms with E-state index in [2.05, 4.69) is 25.7 Å². The van der Waals surface area contributed by atoms with Crippen LogP contribution in [0.3, 0.4) is 0 Å². The van der Waals surface area contributed by atoms with Crippen LogP contribution in [0.15, 0.2) is 54.9 Å². The van der Waals surface area contributed by atoms with Gasteiger partial charge < -0.3 is 30.5 Å². The van der Waals surface area contributed by atoms with Crippen molar-refractivity contribution in [3.63, 3.8) is 0 Å².